The number of halogens is 1. The Morgan fingerprint density at radius 2 is 1.79 bits per heavy atom. The zero-order valence-corrected chi connectivity index (χ0v) is 11.1. The van der Waals surface area contributed by atoms with Gasteiger partial charge in [0.15, 0.2) is 0 Å². The fourth-order valence-electron chi connectivity index (χ4n) is 2.64. The zero-order valence-electron chi connectivity index (χ0n) is 11.1. The first-order valence-electron chi connectivity index (χ1n) is 6.82. The lowest BCUT2D eigenvalue weighted by atomic mass is 9.88. The van der Waals surface area contributed by atoms with E-state index in [0.29, 0.717) is 0 Å². The monoisotopic (exact) mass is 252 g/mol. The molecule has 2 aromatic rings. The van der Waals surface area contributed by atoms with E-state index in [4.69, 9.17) is 0 Å². The van der Waals surface area contributed by atoms with Gasteiger partial charge < -0.3 is 0 Å². The van der Waals surface area contributed by atoms with Gasteiger partial charge in [0, 0.05) is 0 Å². The number of rotatable bonds is 2. The van der Waals surface area contributed by atoms with E-state index in [0.717, 1.165) is 24.8 Å². The summed E-state index contributed by atoms with van der Waals surface area (Å²) < 4.78 is 13.3. The highest BCUT2D eigenvalue weighted by Gasteiger charge is 2.13. The predicted octanol–water partition coefficient (Wildman–Crippen LogP) is 4.57. The van der Waals surface area contributed by atoms with Crippen molar-refractivity contribution in [1.29, 1.82) is 0 Å². The first-order chi connectivity index (χ1) is 9.26. The highest BCUT2D eigenvalue weighted by Crippen LogP contribution is 2.28. The van der Waals surface area contributed by atoms with Crippen LogP contribution in [0.4, 0.5) is 4.39 Å². The molecule has 1 aliphatic rings. The molecule has 0 fully saturated rings. The van der Waals surface area contributed by atoms with Crippen LogP contribution in [0.1, 0.15) is 29.2 Å². The number of benzene rings is 2. The normalized spacial score (nSPS) is 13.9. The number of allylic oxidation sites excluding steroid dienone is 2. The zero-order chi connectivity index (χ0) is 13.2. The third-order valence-corrected chi connectivity index (χ3v) is 3.85. The molecule has 1 heteroatoms. The molecule has 0 nitrogen and oxygen atoms in total. The van der Waals surface area contributed by atoms with Crippen LogP contribution in [0.5, 0.6) is 0 Å². The van der Waals surface area contributed by atoms with Crippen LogP contribution in [0, 0.1) is 5.82 Å². The number of hydrogen-bond donors (Lipinski definition) is 0. The standard InChI is InChI=1S/C18H17F/c1-2-13-3-5-14(6-4-13)16-8-7-15-9-10-18(19)12-17(15)11-16/h3-6,8-10,12H,2,7,11H2,1H3. The van der Waals surface area contributed by atoms with Crippen molar-refractivity contribution in [3.8, 4) is 0 Å². The van der Waals surface area contributed by atoms with Gasteiger partial charge in [0.1, 0.15) is 5.82 Å². The van der Waals surface area contributed by atoms with Crippen LogP contribution in [0.15, 0.2) is 48.5 Å². The van der Waals surface area contributed by atoms with Gasteiger partial charge in [-0.15, -0.1) is 0 Å². The SMILES string of the molecule is CCc1ccc(C2=CCc3ccc(F)cc3C2)cc1. The van der Waals surface area contributed by atoms with Gasteiger partial charge in [-0.25, -0.2) is 4.39 Å². The molecule has 0 bridgehead atoms. The van der Waals surface area contributed by atoms with Crippen molar-refractivity contribution in [3.05, 3.63) is 76.6 Å². The van der Waals surface area contributed by atoms with Crippen LogP contribution in [-0.2, 0) is 19.3 Å². The Hall–Kier alpha value is -1.89. The van der Waals surface area contributed by atoms with E-state index in [-0.39, 0.29) is 5.82 Å². The molecule has 3 rings (SSSR count). The van der Waals surface area contributed by atoms with Crippen molar-refractivity contribution in [1.82, 2.24) is 0 Å². The highest BCUT2D eigenvalue weighted by molar-refractivity contribution is 5.70. The molecule has 96 valence electrons. The summed E-state index contributed by atoms with van der Waals surface area (Å²) in [4.78, 5) is 0. The van der Waals surface area contributed by atoms with Crippen LogP contribution < -0.4 is 0 Å². The van der Waals surface area contributed by atoms with Gasteiger partial charge in [-0.3, -0.25) is 0 Å². The van der Waals surface area contributed by atoms with Crippen molar-refractivity contribution in [2.24, 2.45) is 0 Å². The van der Waals surface area contributed by atoms with E-state index in [1.54, 1.807) is 12.1 Å². The Kier molecular flexibility index (Phi) is 3.20. The molecule has 0 saturated carbocycles. The Balaban J connectivity index is 1.89. The molecular formula is C18H17F. The minimum absolute atomic E-state index is 0.138. The summed E-state index contributed by atoms with van der Waals surface area (Å²) >= 11 is 0. The minimum Gasteiger partial charge on any atom is -0.207 e. The first-order valence-corrected chi connectivity index (χ1v) is 6.82. The maximum atomic E-state index is 13.3. The number of hydrogen-bond acceptors (Lipinski definition) is 0. The van der Waals surface area contributed by atoms with E-state index in [1.165, 1.54) is 22.3 Å². The second-order valence-electron chi connectivity index (χ2n) is 5.07. The third kappa shape index (κ3) is 2.46. The summed E-state index contributed by atoms with van der Waals surface area (Å²) in [5, 5.41) is 0. The topological polar surface area (TPSA) is 0 Å². The lowest BCUT2D eigenvalue weighted by molar-refractivity contribution is 0.625. The summed E-state index contributed by atoms with van der Waals surface area (Å²) in [5.74, 6) is -0.138. The van der Waals surface area contributed by atoms with Crippen LogP contribution >= 0.6 is 0 Å². The fourth-order valence-corrected chi connectivity index (χ4v) is 2.64. The molecule has 2 aromatic carbocycles. The quantitative estimate of drug-likeness (QED) is 0.734. The Bertz CT molecular complexity index is 621. The Morgan fingerprint density at radius 3 is 2.53 bits per heavy atom. The fraction of sp³-hybridized carbons (Fsp3) is 0.222. The van der Waals surface area contributed by atoms with E-state index in [1.807, 2.05) is 6.07 Å². The van der Waals surface area contributed by atoms with Crippen LogP contribution in [-0.4, -0.2) is 0 Å². The molecule has 19 heavy (non-hydrogen) atoms. The second kappa shape index (κ2) is 5.00. The van der Waals surface area contributed by atoms with Crippen LogP contribution in [0.25, 0.3) is 5.57 Å². The smallest absolute Gasteiger partial charge is 0.123 e. The molecule has 0 spiro atoms. The third-order valence-electron chi connectivity index (χ3n) is 3.85. The molecule has 0 aromatic heterocycles. The van der Waals surface area contributed by atoms with E-state index >= 15 is 0 Å². The molecule has 0 heterocycles. The van der Waals surface area contributed by atoms with Gasteiger partial charge >= 0.3 is 0 Å². The molecule has 0 amide bonds. The lowest BCUT2D eigenvalue weighted by Crippen LogP contribution is -2.03. The van der Waals surface area contributed by atoms with Crippen LogP contribution in [0.2, 0.25) is 0 Å². The average molecular weight is 252 g/mol. The summed E-state index contributed by atoms with van der Waals surface area (Å²) in [5.41, 5.74) is 6.28. The van der Waals surface area contributed by atoms with Crippen molar-refractivity contribution < 1.29 is 4.39 Å². The maximum Gasteiger partial charge on any atom is 0.123 e. The number of aryl methyl sites for hydroxylation is 1. The highest BCUT2D eigenvalue weighted by atomic mass is 19.1. The summed E-state index contributed by atoms with van der Waals surface area (Å²) in [7, 11) is 0. The largest absolute Gasteiger partial charge is 0.207 e. The van der Waals surface area contributed by atoms with Crippen LogP contribution in [0.3, 0.4) is 0 Å². The molecule has 0 N–H and O–H groups in total. The Labute approximate surface area is 113 Å². The van der Waals surface area contributed by atoms with Gasteiger partial charge in [-0.1, -0.05) is 43.3 Å². The summed E-state index contributed by atoms with van der Waals surface area (Å²) in [6, 6.07) is 13.8. The van der Waals surface area contributed by atoms with Crippen molar-refractivity contribution >= 4 is 5.57 Å². The van der Waals surface area contributed by atoms with Gasteiger partial charge in [0.25, 0.3) is 0 Å². The predicted molar refractivity (Wildman–Crippen MR) is 77.6 cm³/mol. The van der Waals surface area contributed by atoms with E-state index in [2.05, 4.69) is 37.3 Å². The molecule has 0 aliphatic heterocycles. The summed E-state index contributed by atoms with van der Waals surface area (Å²) in [6.45, 7) is 2.16. The minimum atomic E-state index is -0.138. The molecule has 0 radical (unpaired) electrons. The van der Waals surface area contributed by atoms with E-state index in [9.17, 15) is 4.39 Å². The first kappa shape index (κ1) is 12.2. The molecule has 0 saturated heterocycles. The summed E-state index contributed by atoms with van der Waals surface area (Å²) in [6.07, 6.45) is 5.06. The van der Waals surface area contributed by atoms with Gasteiger partial charge in [-0.05, 0) is 59.2 Å². The van der Waals surface area contributed by atoms with Gasteiger partial charge in [0.2, 0.25) is 0 Å². The number of fused-ring (bicyclic) bond motifs is 1. The molecule has 0 unspecified atom stereocenters. The Morgan fingerprint density at radius 1 is 1.00 bits per heavy atom. The van der Waals surface area contributed by atoms with Crippen molar-refractivity contribution in [3.63, 3.8) is 0 Å². The molecular weight excluding hydrogens is 235 g/mol. The molecule has 1 aliphatic carbocycles. The van der Waals surface area contributed by atoms with E-state index < -0.39 is 0 Å². The maximum absolute atomic E-state index is 13.3. The van der Waals surface area contributed by atoms with Crippen molar-refractivity contribution in [2.45, 2.75) is 26.2 Å². The lowest BCUT2D eigenvalue weighted by Gasteiger charge is -2.17. The van der Waals surface area contributed by atoms with Crippen molar-refractivity contribution in [2.75, 3.05) is 0 Å². The second-order valence-corrected chi connectivity index (χ2v) is 5.07. The average Bonchev–Trinajstić information content (AvgIpc) is 2.46. The van der Waals surface area contributed by atoms with Gasteiger partial charge in [-0.2, -0.15) is 0 Å². The molecule has 0 atom stereocenters. The van der Waals surface area contributed by atoms with Gasteiger partial charge in [0.05, 0.1) is 0 Å².